The number of carbonyl (C=O) groups is 1. The molecule has 1 unspecified atom stereocenters. The van der Waals surface area contributed by atoms with E-state index in [-0.39, 0.29) is 0 Å². The third-order valence-electron chi connectivity index (χ3n) is 4.74. The molecule has 1 N–H and O–H groups in total. The Morgan fingerprint density at radius 1 is 1.24 bits per heavy atom. The van der Waals surface area contributed by atoms with E-state index in [1.54, 1.807) is 12.1 Å². The molecule has 0 saturated carbocycles. The van der Waals surface area contributed by atoms with Crippen LogP contribution in [0.1, 0.15) is 56.0 Å². The van der Waals surface area contributed by atoms with Crippen molar-refractivity contribution in [3.05, 3.63) is 29.3 Å². The van der Waals surface area contributed by atoms with Crippen LogP contribution in [0.15, 0.2) is 18.2 Å². The number of hydrogen-bond acceptors (Lipinski definition) is 2. The van der Waals surface area contributed by atoms with E-state index >= 15 is 0 Å². The van der Waals surface area contributed by atoms with Gasteiger partial charge in [-0.15, -0.1) is 0 Å². The van der Waals surface area contributed by atoms with Gasteiger partial charge in [0.25, 0.3) is 0 Å². The Bertz CT molecular complexity index is 516. The molecule has 116 valence electrons. The quantitative estimate of drug-likeness (QED) is 0.880. The van der Waals surface area contributed by atoms with Gasteiger partial charge in [0, 0.05) is 18.8 Å². The number of aromatic carboxylic acids is 1. The van der Waals surface area contributed by atoms with E-state index in [0.717, 1.165) is 24.6 Å². The second kappa shape index (κ2) is 6.08. The van der Waals surface area contributed by atoms with Crippen molar-refractivity contribution in [2.24, 2.45) is 11.3 Å². The highest BCUT2D eigenvalue weighted by molar-refractivity contribution is 5.88. The number of anilines is 1. The molecule has 0 amide bonds. The SMILES string of the molecule is Cc1cc(C(=O)O)ccc1N1CCCC(C(C)(C)C)CC1. The number of carboxylic acids is 1. The summed E-state index contributed by atoms with van der Waals surface area (Å²) in [6.45, 7) is 11.1. The first-order valence-electron chi connectivity index (χ1n) is 7.88. The average Bonchev–Trinajstić information content (AvgIpc) is 2.63. The van der Waals surface area contributed by atoms with Gasteiger partial charge in [-0.25, -0.2) is 4.79 Å². The molecule has 0 radical (unpaired) electrons. The Balaban J connectivity index is 2.14. The zero-order valence-electron chi connectivity index (χ0n) is 13.6. The van der Waals surface area contributed by atoms with Gasteiger partial charge < -0.3 is 10.0 Å². The molecule has 0 bridgehead atoms. The highest BCUT2D eigenvalue weighted by Crippen LogP contribution is 2.35. The molecule has 1 aromatic carbocycles. The average molecular weight is 289 g/mol. The maximum absolute atomic E-state index is 11.0. The number of aryl methyl sites for hydroxylation is 1. The molecule has 1 atom stereocenters. The third-order valence-corrected chi connectivity index (χ3v) is 4.74. The summed E-state index contributed by atoms with van der Waals surface area (Å²) in [6.07, 6.45) is 3.71. The molecule has 1 heterocycles. The predicted molar refractivity (Wildman–Crippen MR) is 87.1 cm³/mol. The van der Waals surface area contributed by atoms with Gasteiger partial charge >= 0.3 is 5.97 Å². The van der Waals surface area contributed by atoms with Gasteiger partial charge in [-0.3, -0.25) is 0 Å². The van der Waals surface area contributed by atoms with Crippen LogP contribution in [0, 0.1) is 18.3 Å². The van der Waals surface area contributed by atoms with E-state index in [1.807, 2.05) is 13.0 Å². The van der Waals surface area contributed by atoms with Gasteiger partial charge in [0.1, 0.15) is 0 Å². The minimum absolute atomic E-state index is 0.373. The number of benzene rings is 1. The van der Waals surface area contributed by atoms with Gasteiger partial charge in [0.15, 0.2) is 0 Å². The smallest absolute Gasteiger partial charge is 0.335 e. The van der Waals surface area contributed by atoms with Crippen LogP contribution in [0.3, 0.4) is 0 Å². The summed E-state index contributed by atoms with van der Waals surface area (Å²) in [4.78, 5) is 13.5. The van der Waals surface area contributed by atoms with Crippen molar-refractivity contribution >= 4 is 11.7 Å². The standard InChI is InChI=1S/C18H27NO2/c1-13-12-14(17(20)21)7-8-16(13)19-10-5-6-15(9-11-19)18(2,3)4/h7-8,12,15H,5-6,9-11H2,1-4H3,(H,20,21). The van der Waals surface area contributed by atoms with Crippen molar-refractivity contribution < 1.29 is 9.90 Å². The van der Waals surface area contributed by atoms with Crippen molar-refractivity contribution in [1.82, 2.24) is 0 Å². The van der Waals surface area contributed by atoms with E-state index in [2.05, 4.69) is 25.7 Å². The van der Waals surface area contributed by atoms with E-state index in [0.29, 0.717) is 11.0 Å². The molecule has 1 aromatic rings. The maximum atomic E-state index is 11.0. The minimum atomic E-state index is -0.853. The maximum Gasteiger partial charge on any atom is 0.335 e. The van der Waals surface area contributed by atoms with Crippen molar-refractivity contribution in [3.63, 3.8) is 0 Å². The summed E-state index contributed by atoms with van der Waals surface area (Å²) in [7, 11) is 0. The Morgan fingerprint density at radius 3 is 2.52 bits per heavy atom. The lowest BCUT2D eigenvalue weighted by atomic mass is 9.77. The van der Waals surface area contributed by atoms with Crippen molar-refractivity contribution in [2.45, 2.75) is 47.0 Å². The molecular formula is C18H27NO2. The predicted octanol–water partition coefficient (Wildman–Crippen LogP) is 4.35. The summed E-state index contributed by atoms with van der Waals surface area (Å²) < 4.78 is 0. The largest absolute Gasteiger partial charge is 0.478 e. The van der Waals surface area contributed by atoms with E-state index in [1.165, 1.54) is 24.9 Å². The topological polar surface area (TPSA) is 40.5 Å². The molecule has 0 aliphatic carbocycles. The van der Waals surface area contributed by atoms with Gasteiger partial charge in [0.05, 0.1) is 5.56 Å². The fourth-order valence-corrected chi connectivity index (χ4v) is 3.35. The highest BCUT2D eigenvalue weighted by Gasteiger charge is 2.27. The first-order valence-corrected chi connectivity index (χ1v) is 7.88. The van der Waals surface area contributed by atoms with Crippen LogP contribution >= 0.6 is 0 Å². The molecule has 0 spiro atoms. The first kappa shape index (κ1) is 15.9. The second-order valence-electron chi connectivity index (χ2n) is 7.29. The lowest BCUT2D eigenvalue weighted by molar-refractivity contribution is 0.0697. The van der Waals surface area contributed by atoms with Crippen LogP contribution in [-0.2, 0) is 0 Å². The number of carboxylic acid groups (broad SMARTS) is 1. The van der Waals surface area contributed by atoms with Crippen molar-refractivity contribution in [2.75, 3.05) is 18.0 Å². The molecule has 3 heteroatoms. The Kier molecular flexibility index (Phi) is 4.60. The van der Waals surface area contributed by atoms with Gasteiger partial charge in [-0.1, -0.05) is 20.8 Å². The van der Waals surface area contributed by atoms with Crippen LogP contribution in [0.2, 0.25) is 0 Å². The lowest BCUT2D eigenvalue weighted by Gasteiger charge is -2.30. The Hall–Kier alpha value is -1.51. The summed E-state index contributed by atoms with van der Waals surface area (Å²) >= 11 is 0. The number of nitrogens with zero attached hydrogens (tertiary/aromatic N) is 1. The fraction of sp³-hybridized carbons (Fsp3) is 0.611. The first-order chi connectivity index (χ1) is 9.79. The van der Waals surface area contributed by atoms with E-state index < -0.39 is 5.97 Å². The molecule has 2 rings (SSSR count). The van der Waals surface area contributed by atoms with E-state index in [4.69, 9.17) is 5.11 Å². The second-order valence-corrected chi connectivity index (χ2v) is 7.29. The van der Waals surface area contributed by atoms with Crippen LogP contribution in [-0.4, -0.2) is 24.2 Å². The van der Waals surface area contributed by atoms with Crippen molar-refractivity contribution in [1.29, 1.82) is 0 Å². The van der Waals surface area contributed by atoms with Gasteiger partial charge in [-0.05, 0) is 61.3 Å². The molecule has 1 aliphatic rings. The summed E-state index contributed by atoms with van der Waals surface area (Å²) in [5, 5.41) is 9.07. The summed E-state index contributed by atoms with van der Waals surface area (Å²) in [5.41, 5.74) is 3.00. The Morgan fingerprint density at radius 2 is 1.95 bits per heavy atom. The van der Waals surface area contributed by atoms with E-state index in [9.17, 15) is 4.79 Å². The summed E-state index contributed by atoms with van der Waals surface area (Å²) in [6, 6.07) is 5.47. The monoisotopic (exact) mass is 289 g/mol. The fourth-order valence-electron chi connectivity index (χ4n) is 3.35. The Labute approximate surface area is 128 Å². The normalized spacial score (nSPS) is 20.2. The van der Waals surface area contributed by atoms with Crippen LogP contribution in [0.25, 0.3) is 0 Å². The third kappa shape index (κ3) is 3.78. The zero-order chi connectivity index (χ0) is 15.6. The molecule has 0 aromatic heterocycles. The molecule has 3 nitrogen and oxygen atoms in total. The molecule has 1 fully saturated rings. The molecule has 21 heavy (non-hydrogen) atoms. The number of rotatable bonds is 2. The number of hydrogen-bond donors (Lipinski definition) is 1. The van der Waals surface area contributed by atoms with Crippen LogP contribution in [0.4, 0.5) is 5.69 Å². The van der Waals surface area contributed by atoms with Crippen molar-refractivity contribution in [3.8, 4) is 0 Å². The lowest BCUT2D eigenvalue weighted by Crippen LogP contribution is -2.26. The molecular weight excluding hydrogens is 262 g/mol. The molecule has 1 aliphatic heterocycles. The van der Waals surface area contributed by atoms with Crippen LogP contribution in [0.5, 0.6) is 0 Å². The highest BCUT2D eigenvalue weighted by atomic mass is 16.4. The van der Waals surface area contributed by atoms with Crippen LogP contribution < -0.4 is 4.90 Å². The summed E-state index contributed by atoms with van der Waals surface area (Å²) in [5.74, 6) is -0.0885. The van der Waals surface area contributed by atoms with Gasteiger partial charge in [0.2, 0.25) is 0 Å². The van der Waals surface area contributed by atoms with Gasteiger partial charge in [-0.2, -0.15) is 0 Å². The minimum Gasteiger partial charge on any atom is -0.478 e. The molecule has 1 saturated heterocycles. The zero-order valence-corrected chi connectivity index (χ0v) is 13.6.